The van der Waals surface area contributed by atoms with Gasteiger partial charge in [-0.1, -0.05) is 43.3 Å². The summed E-state index contributed by atoms with van der Waals surface area (Å²) < 4.78 is 6.73. The molecule has 5 aliphatic rings. The first kappa shape index (κ1) is 22.2. The molecule has 3 heteroatoms. The quantitative estimate of drug-likeness (QED) is 0.359. The minimum atomic E-state index is -0.206. The fourth-order valence-corrected chi connectivity index (χ4v) is 8.55. The summed E-state index contributed by atoms with van der Waals surface area (Å²) in [6.07, 6.45) is 11.1. The number of benzene rings is 1. The zero-order valence-corrected chi connectivity index (χ0v) is 20.6. The van der Waals surface area contributed by atoms with Crippen molar-refractivity contribution in [1.82, 2.24) is 0 Å². The number of fused-ring (bicyclic) bond motifs is 5. The predicted octanol–water partition coefficient (Wildman–Crippen LogP) is 6.89. The van der Waals surface area contributed by atoms with Gasteiger partial charge in [-0.05, 0) is 98.5 Å². The van der Waals surface area contributed by atoms with Crippen LogP contribution in [0.15, 0.2) is 59.2 Å². The van der Waals surface area contributed by atoms with Crippen LogP contribution in [0.25, 0.3) is 0 Å². The van der Waals surface area contributed by atoms with Gasteiger partial charge >= 0.3 is 0 Å². The lowest BCUT2D eigenvalue weighted by Crippen LogP contribution is -2.55. The summed E-state index contributed by atoms with van der Waals surface area (Å²) in [5.74, 6) is 1.82. The Bertz CT molecular complexity index is 1140. The van der Waals surface area contributed by atoms with Crippen LogP contribution in [-0.4, -0.2) is 23.8 Å². The smallest absolute Gasteiger partial charge is 0.159 e. The van der Waals surface area contributed by atoms with Crippen LogP contribution in [0.2, 0.25) is 0 Å². The molecule has 0 unspecified atom stereocenters. The van der Waals surface area contributed by atoms with E-state index in [2.05, 4.69) is 25.6 Å². The van der Waals surface area contributed by atoms with E-state index in [0.29, 0.717) is 24.2 Å². The van der Waals surface area contributed by atoms with Gasteiger partial charge in [0.15, 0.2) is 11.6 Å². The van der Waals surface area contributed by atoms with Crippen LogP contribution in [-0.2, 0) is 9.53 Å². The van der Waals surface area contributed by atoms with Crippen LogP contribution in [0, 0.1) is 17.3 Å². The topological polar surface area (TPSA) is 43.4 Å². The van der Waals surface area contributed by atoms with E-state index in [1.807, 2.05) is 18.2 Å². The maximum absolute atomic E-state index is 12.2. The lowest BCUT2D eigenvalue weighted by molar-refractivity contribution is -0.128. The highest BCUT2D eigenvalue weighted by Crippen LogP contribution is 2.69. The molecule has 3 fully saturated rings. The molecule has 0 radical (unpaired) electrons. The molecule has 0 N–H and O–H groups in total. The summed E-state index contributed by atoms with van der Waals surface area (Å²) in [5.41, 5.74) is 7.60. The predicted molar refractivity (Wildman–Crippen MR) is 134 cm³/mol. The maximum Gasteiger partial charge on any atom is 0.159 e. The molecule has 1 heterocycles. The van der Waals surface area contributed by atoms with E-state index in [1.165, 1.54) is 28.7 Å². The molecule has 1 aromatic rings. The van der Waals surface area contributed by atoms with Crippen LogP contribution in [0.4, 0.5) is 0 Å². The van der Waals surface area contributed by atoms with Crippen molar-refractivity contribution in [2.75, 3.05) is 6.61 Å². The Kier molecular flexibility index (Phi) is 5.15. The van der Waals surface area contributed by atoms with E-state index < -0.39 is 0 Å². The minimum Gasteiger partial charge on any atom is -0.370 e. The zero-order valence-electron chi connectivity index (χ0n) is 20.6. The van der Waals surface area contributed by atoms with Crippen molar-refractivity contribution in [3.8, 4) is 0 Å². The number of ether oxygens (including phenoxy) is 1. The van der Waals surface area contributed by atoms with Gasteiger partial charge in [0.25, 0.3) is 0 Å². The second-order valence-corrected chi connectivity index (χ2v) is 11.6. The Balaban J connectivity index is 1.51. The van der Waals surface area contributed by atoms with Gasteiger partial charge in [0.1, 0.15) is 0 Å². The fraction of sp³-hybridized carbons (Fsp3) is 0.548. The number of carbonyl (C=O) groups excluding carboxylic acids is 2. The van der Waals surface area contributed by atoms with Crippen LogP contribution in [0.3, 0.4) is 0 Å². The number of allylic oxidation sites excluding steroid dienone is 4. The standard InChI is InChI=1S/C31H36O3/c1-19-5-4-16-34-31(19)15-14-28-26-12-10-23-17-24(33)11-13-25(23)29(26)27(18-30(28,31)3)22-8-6-21(7-9-22)20(2)32/h6-9,17,26-28H,1,4-5,10-16,18H2,2-3H3/t26-,27+,28-,30-,31-/m0/s1. The first-order valence-electron chi connectivity index (χ1n) is 13.2. The molecule has 4 aliphatic carbocycles. The van der Waals surface area contributed by atoms with Crippen molar-refractivity contribution < 1.29 is 14.3 Å². The number of Topliss-reactive ketones (excluding diaryl/α,β-unsaturated/α-hetero) is 1. The van der Waals surface area contributed by atoms with Crippen LogP contribution in [0.1, 0.15) is 93.5 Å². The monoisotopic (exact) mass is 456 g/mol. The largest absolute Gasteiger partial charge is 0.370 e. The van der Waals surface area contributed by atoms with Gasteiger partial charge < -0.3 is 4.74 Å². The van der Waals surface area contributed by atoms with Gasteiger partial charge in [-0.3, -0.25) is 9.59 Å². The second-order valence-electron chi connectivity index (χ2n) is 11.6. The maximum atomic E-state index is 12.2. The molecule has 0 aromatic heterocycles. The Morgan fingerprint density at radius 3 is 2.62 bits per heavy atom. The Labute approximate surface area is 203 Å². The molecule has 178 valence electrons. The van der Waals surface area contributed by atoms with Crippen LogP contribution < -0.4 is 0 Å². The molecule has 1 saturated heterocycles. The first-order valence-corrected chi connectivity index (χ1v) is 13.2. The molecular formula is C31H36O3. The molecule has 2 saturated carbocycles. The van der Waals surface area contributed by atoms with Crippen molar-refractivity contribution >= 4 is 11.6 Å². The Morgan fingerprint density at radius 2 is 1.88 bits per heavy atom. The van der Waals surface area contributed by atoms with Gasteiger partial charge in [0.05, 0.1) is 5.60 Å². The fourth-order valence-electron chi connectivity index (χ4n) is 8.55. The van der Waals surface area contributed by atoms with Crippen molar-refractivity contribution in [3.05, 3.63) is 70.3 Å². The molecule has 5 atom stereocenters. The van der Waals surface area contributed by atoms with Gasteiger partial charge in [-0.2, -0.15) is 0 Å². The molecule has 1 spiro atoms. The molecule has 0 bridgehead atoms. The SMILES string of the molecule is C=C1CCCO[C@@]12CC[C@H]1[C@@H]3CCC4=CC(=O)CCC4=C3[C@@H](c3ccc(C(C)=O)cc3)C[C@@]12C. The number of hydrogen-bond donors (Lipinski definition) is 0. The normalized spacial score (nSPS) is 37.2. The highest BCUT2D eigenvalue weighted by atomic mass is 16.5. The molecule has 1 aliphatic heterocycles. The Hall–Kier alpha value is -2.26. The lowest BCUT2D eigenvalue weighted by atomic mass is 9.50. The zero-order chi connectivity index (χ0) is 23.7. The number of rotatable bonds is 2. The number of ketones is 2. The third-order valence-corrected chi connectivity index (χ3v) is 10.1. The molecule has 0 amide bonds. The average molecular weight is 457 g/mol. The minimum absolute atomic E-state index is 0.0504. The third kappa shape index (κ3) is 3.05. The highest BCUT2D eigenvalue weighted by Gasteiger charge is 2.65. The van der Waals surface area contributed by atoms with E-state index in [9.17, 15) is 9.59 Å². The van der Waals surface area contributed by atoms with Crippen molar-refractivity contribution in [2.24, 2.45) is 17.3 Å². The van der Waals surface area contributed by atoms with E-state index in [4.69, 9.17) is 4.74 Å². The summed E-state index contributed by atoms with van der Waals surface area (Å²) in [7, 11) is 0. The lowest BCUT2D eigenvalue weighted by Gasteiger charge is -2.57. The number of carbonyl (C=O) groups is 2. The van der Waals surface area contributed by atoms with E-state index in [-0.39, 0.29) is 22.6 Å². The van der Waals surface area contributed by atoms with Gasteiger partial charge in [0, 0.05) is 29.9 Å². The molecular weight excluding hydrogens is 420 g/mol. The van der Waals surface area contributed by atoms with Gasteiger partial charge in [-0.15, -0.1) is 0 Å². The Morgan fingerprint density at radius 1 is 1.09 bits per heavy atom. The van der Waals surface area contributed by atoms with Crippen LogP contribution in [0.5, 0.6) is 0 Å². The van der Waals surface area contributed by atoms with E-state index in [0.717, 1.165) is 57.1 Å². The number of hydrogen-bond acceptors (Lipinski definition) is 3. The van der Waals surface area contributed by atoms with Gasteiger partial charge in [0.2, 0.25) is 0 Å². The van der Waals surface area contributed by atoms with Crippen LogP contribution >= 0.6 is 0 Å². The summed E-state index contributed by atoms with van der Waals surface area (Å²) in [5, 5.41) is 0. The average Bonchev–Trinajstić information content (AvgIpc) is 3.12. The summed E-state index contributed by atoms with van der Waals surface area (Å²) in [4.78, 5) is 24.2. The molecule has 3 nitrogen and oxygen atoms in total. The summed E-state index contributed by atoms with van der Waals surface area (Å²) in [6.45, 7) is 9.54. The van der Waals surface area contributed by atoms with E-state index >= 15 is 0 Å². The van der Waals surface area contributed by atoms with Gasteiger partial charge in [-0.25, -0.2) is 0 Å². The van der Waals surface area contributed by atoms with Crippen molar-refractivity contribution in [2.45, 2.75) is 83.2 Å². The molecule has 1 aromatic carbocycles. The van der Waals surface area contributed by atoms with Crippen molar-refractivity contribution in [1.29, 1.82) is 0 Å². The second kappa shape index (κ2) is 7.88. The molecule has 34 heavy (non-hydrogen) atoms. The van der Waals surface area contributed by atoms with Crippen molar-refractivity contribution in [3.63, 3.8) is 0 Å². The summed E-state index contributed by atoms with van der Waals surface area (Å²) in [6, 6.07) is 8.35. The van der Waals surface area contributed by atoms with E-state index in [1.54, 1.807) is 12.5 Å². The summed E-state index contributed by atoms with van der Waals surface area (Å²) >= 11 is 0. The molecule has 6 rings (SSSR count). The third-order valence-electron chi connectivity index (χ3n) is 10.1. The highest BCUT2D eigenvalue weighted by molar-refractivity contribution is 5.94. The first-order chi connectivity index (χ1) is 16.3.